The number of para-hydroxylation sites is 1. The zero-order chi connectivity index (χ0) is 34.1. The van der Waals surface area contributed by atoms with Crippen LogP contribution in [0.5, 0.6) is 5.75 Å². The third-order valence-electron chi connectivity index (χ3n) is 7.26. The highest BCUT2D eigenvalue weighted by Gasteiger charge is 2.56. The lowest BCUT2D eigenvalue weighted by atomic mass is 10.1. The maximum Gasteiger partial charge on any atom is 0.459 e. The van der Waals surface area contributed by atoms with Crippen LogP contribution in [0.1, 0.15) is 17.4 Å². The Bertz CT molecular complexity index is 1910. The number of aromatic amines is 1. The number of nitrogens with zero attached hydrogens (tertiary/aromatic N) is 4. The van der Waals surface area contributed by atoms with Crippen LogP contribution in [0.25, 0.3) is 10.4 Å². The largest absolute Gasteiger partial charge is 0.460 e. The molecule has 0 amide bonds. The summed E-state index contributed by atoms with van der Waals surface area (Å²) in [5.41, 5.74) is 6.58. The molecule has 1 aliphatic heterocycles. The van der Waals surface area contributed by atoms with Crippen LogP contribution in [0.2, 0.25) is 0 Å². The number of nitrogens with one attached hydrogen (secondary N) is 2. The van der Waals surface area contributed by atoms with Crippen LogP contribution in [0, 0.1) is 0 Å². The molecule has 4 aromatic rings. The summed E-state index contributed by atoms with van der Waals surface area (Å²) in [6, 6.07) is 25.2. The van der Waals surface area contributed by atoms with Crippen molar-refractivity contribution in [1.29, 1.82) is 0 Å². The number of aliphatic hydroxyl groups is 2. The molecule has 1 aliphatic rings. The predicted molar refractivity (Wildman–Crippen MR) is 169 cm³/mol. The van der Waals surface area contributed by atoms with E-state index in [0.717, 1.165) is 16.8 Å². The van der Waals surface area contributed by atoms with Crippen LogP contribution in [0.15, 0.2) is 118 Å². The third-order valence-corrected chi connectivity index (χ3v) is 8.81. The molecule has 48 heavy (non-hydrogen) atoms. The molecule has 3 aromatic carbocycles. The first-order chi connectivity index (χ1) is 23.1. The van der Waals surface area contributed by atoms with Crippen molar-refractivity contribution in [2.75, 3.05) is 6.61 Å². The Kier molecular flexibility index (Phi) is 10.9. The number of aliphatic hydroxyl groups excluding tert-OH is 2. The summed E-state index contributed by atoms with van der Waals surface area (Å²) in [7, 11) is -4.68. The van der Waals surface area contributed by atoms with Crippen molar-refractivity contribution in [2.45, 2.75) is 43.2 Å². The first kappa shape index (κ1) is 34.3. The van der Waals surface area contributed by atoms with Crippen LogP contribution in [0.3, 0.4) is 0 Å². The monoisotopic (exact) mass is 678 g/mol. The highest BCUT2D eigenvalue weighted by Crippen LogP contribution is 2.48. The van der Waals surface area contributed by atoms with Crippen LogP contribution < -0.4 is 20.9 Å². The fraction of sp³-hybridized carbons (Fsp3) is 0.258. The Hall–Kier alpha value is -5.05. The van der Waals surface area contributed by atoms with Crippen LogP contribution in [-0.4, -0.2) is 56.3 Å². The minimum atomic E-state index is -4.68. The van der Waals surface area contributed by atoms with E-state index in [1.165, 1.54) is 12.1 Å². The molecule has 1 saturated heterocycles. The first-order valence-corrected chi connectivity index (χ1v) is 16.1. The Labute approximate surface area is 272 Å². The molecule has 1 fully saturated rings. The van der Waals surface area contributed by atoms with Gasteiger partial charge in [0, 0.05) is 17.2 Å². The van der Waals surface area contributed by atoms with Crippen molar-refractivity contribution >= 4 is 13.7 Å². The van der Waals surface area contributed by atoms with Crippen molar-refractivity contribution in [1.82, 2.24) is 14.6 Å². The first-order valence-electron chi connectivity index (χ1n) is 14.5. The molecule has 17 heteroatoms. The van der Waals surface area contributed by atoms with Crippen LogP contribution in [0.4, 0.5) is 0 Å². The minimum Gasteiger partial charge on any atom is -0.460 e. The highest BCUT2D eigenvalue weighted by atomic mass is 31.2. The van der Waals surface area contributed by atoms with Crippen LogP contribution >= 0.6 is 7.75 Å². The molecule has 16 nitrogen and oxygen atoms in total. The molecule has 5 rings (SSSR count). The second-order valence-corrected chi connectivity index (χ2v) is 12.3. The standard InChI is InChI=1S/C31H31N6O10P/c32-36-35-31(27(40)26(39)28(46-31)37-17-16-25(38)33-30(37)42)20-45-48(43,47-23-14-8-3-9-15-23)34-24(18-21-10-4-1-5-11-21)29(41)44-19-22-12-6-2-7-13-22/h1-17,24,26-28,39-40H,18-20H2,(H,34,43)(H,33,38,42)/t24-,26-,27+,28+,31+,48?/m0/s1. The van der Waals surface area contributed by atoms with Gasteiger partial charge in [-0.2, -0.15) is 5.09 Å². The molecular formula is C31H31N6O10P. The number of H-pyrrole nitrogens is 1. The van der Waals surface area contributed by atoms with E-state index in [1.54, 1.807) is 72.8 Å². The average Bonchev–Trinajstić information content (AvgIpc) is 3.33. The Morgan fingerprint density at radius 1 is 1.02 bits per heavy atom. The van der Waals surface area contributed by atoms with Gasteiger partial charge in [0.1, 0.15) is 30.6 Å². The molecule has 1 unspecified atom stereocenters. The van der Waals surface area contributed by atoms with E-state index < -0.39 is 61.8 Å². The number of aromatic nitrogens is 2. The molecule has 1 aromatic heterocycles. The van der Waals surface area contributed by atoms with Gasteiger partial charge in [-0.3, -0.25) is 23.7 Å². The van der Waals surface area contributed by atoms with E-state index in [4.69, 9.17) is 18.5 Å². The smallest absolute Gasteiger partial charge is 0.459 e. The summed E-state index contributed by atoms with van der Waals surface area (Å²) >= 11 is 0. The van der Waals surface area contributed by atoms with Gasteiger partial charge >= 0.3 is 19.4 Å². The van der Waals surface area contributed by atoms with Crippen molar-refractivity contribution in [3.05, 3.63) is 146 Å². The number of ether oxygens (including phenoxy) is 2. The van der Waals surface area contributed by atoms with E-state index in [-0.39, 0.29) is 18.8 Å². The number of carbonyl (C=O) groups excluding carboxylic acids is 1. The summed E-state index contributed by atoms with van der Waals surface area (Å²) in [5.74, 6) is -0.731. The second-order valence-electron chi connectivity index (χ2n) is 10.6. The number of benzene rings is 3. The van der Waals surface area contributed by atoms with Gasteiger partial charge in [0.2, 0.25) is 5.72 Å². The molecule has 250 valence electrons. The lowest BCUT2D eigenvalue weighted by Gasteiger charge is -2.30. The van der Waals surface area contributed by atoms with E-state index in [2.05, 4.69) is 15.1 Å². The maximum atomic E-state index is 14.5. The normalized spacial score (nSPS) is 22.2. The number of hydrogen-bond donors (Lipinski definition) is 4. The zero-order valence-corrected chi connectivity index (χ0v) is 26.0. The number of hydrogen-bond acceptors (Lipinski definition) is 11. The average molecular weight is 679 g/mol. The molecule has 0 bridgehead atoms. The molecule has 0 aliphatic carbocycles. The fourth-order valence-electron chi connectivity index (χ4n) is 4.87. The molecule has 6 atom stereocenters. The lowest BCUT2D eigenvalue weighted by molar-refractivity contribution is -0.147. The SMILES string of the molecule is [N-]=[N+]=N[C@]1(COP(=O)(N[C@@H](Cc2ccccc2)C(=O)OCc2ccccc2)Oc2ccccc2)O[C@@H](n2ccc(=O)[nH]c2=O)[C@@H](O)[C@H]1O. The number of carbonyl (C=O) groups is 1. The van der Waals surface area contributed by atoms with Gasteiger partial charge in [0.05, 0.1) is 6.61 Å². The maximum absolute atomic E-state index is 14.5. The topological polar surface area (TPSA) is 227 Å². The van der Waals surface area contributed by atoms with Crippen molar-refractivity contribution in [3.8, 4) is 5.75 Å². The number of azide groups is 1. The van der Waals surface area contributed by atoms with Crippen molar-refractivity contribution < 1.29 is 38.1 Å². The predicted octanol–water partition coefficient (Wildman–Crippen LogP) is 2.94. The van der Waals surface area contributed by atoms with Crippen molar-refractivity contribution in [3.63, 3.8) is 0 Å². The summed E-state index contributed by atoms with van der Waals surface area (Å²) in [4.78, 5) is 42.2. The Balaban J connectivity index is 1.45. The summed E-state index contributed by atoms with van der Waals surface area (Å²) in [6.07, 6.45) is -4.59. The van der Waals surface area contributed by atoms with Crippen molar-refractivity contribution in [2.24, 2.45) is 5.11 Å². The molecular weight excluding hydrogens is 647 g/mol. The van der Waals surface area contributed by atoms with E-state index >= 15 is 0 Å². The molecule has 4 N–H and O–H groups in total. The fourth-order valence-corrected chi connectivity index (χ4v) is 6.38. The van der Waals surface area contributed by atoms with E-state index in [9.17, 15) is 34.7 Å². The van der Waals surface area contributed by atoms with E-state index in [0.29, 0.717) is 11.1 Å². The van der Waals surface area contributed by atoms with Gasteiger partial charge in [-0.25, -0.2) is 9.36 Å². The van der Waals surface area contributed by atoms with Gasteiger partial charge in [-0.15, -0.1) is 0 Å². The van der Waals surface area contributed by atoms with Gasteiger partial charge < -0.3 is 24.2 Å². The summed E-state index contributed by atoms with van der Waals surface area (Å²) < 4.78 is 38.0. The van der Waals surface area contributed by atoms with E-state index in [1.807, 2.05) is 11.1 Å². The van der Waals surface area contributed by atoms with Gasteiger partial charge in [-0.05, 0) is 35.2 Å². The summed E-state index contributed by atoms with van der Waals surface area (Å²) in [5, 5.41) is 28.0. The Morgan fingerprint density at radius 3 is 2.27 bits per heavy atom. The lowest BCUT2D eigenvalue weighted by Crippen LogP contribution is -2.46. The summed E-state index contributed by atoms with van der Waals surface area (Å²) in [6.45, 7) is -1.08. The molecule has 0 spiro atoms. The zero-order valence-electron chi connectivity index (χ0n) is 25.1. The second kappa shape index (κ2) is 15.2. The van der Waals surface area contributed by atoms with Gasteiger partial charge in [-0.1, -0.05) is 84.0 Å². The quantitative estimate of drug-likeness (QED) is 0.0498. The molecule has 0 saturated carbocycles. The third kappa shape index (κ3) is 8.26. The van der Waals surface area contributed by atoms with Gasteiger partial charge in [0.15, 0.2) is 6.23 Å². The number of esters is 1. The molecule has 2 heterocycles. The van der Waals surface area contributed by atoms with Crippen LogP contribution in [-0.2, 0) is 36.4 Å². The number of rotatable bonds is 14. The molecule has 0 radical (unpaired) electrons. The van der Waals surface area contributed by atoms with Gasteiger partial charge in [0.25, 0.3) is 5.56 Å². The highest BCUT2D eigenvalue weighted by molar-refractivity contribution is 7.52. The minimum absolute atomic E-state index is 0.0174. The Morgan fingerprint density at radius 2 is 1.65 bits per heavy atom.